The molecule has 1 aromatic carbocycles. The lowest BCUT2D eigenvalue weighted by atomic mass is 9.97. The average Bonchev–Trinajstić information content (AvgIpc) is 3.57. The van der Waals surface area contributed by atoms with Crippen LogP contribution < -0.4 is 14.8 Å². The molecule has 1 aliphatic rings. The van der Waals surface area contributed by atoms with Crippen molar-refractivity contribution in [1.82, 2.24) is 29.7 Å². The lowest BCUT2D eigenvalue weighted by molar-refractivity contribution is 0.0704. The van der Waals surface area contributed by atoms with Crippen LogP contribution in [-0.2, 0) is 0 Å². The summed E-state index contributed by atoms with van der Waals surface area (Å²) in [7, 11) is 3.13. The van der Waals surface area contributed by atoms with Crippen molar-refractivity contribution >= 4 is 34.5 Å². The molecule has 0 spiro atoms. The molecule has 11 nitrogen and oxygen atoms in total. The zero-order valence-corrected chi connectivity index (χ0v) is 22.8. The van der Waals surface area contributed by atoms with Gasteiger partial charge in [-0.2, -0.15) is 5.10 Å². The van der Waals surface area contributed by atoms with E-state index in [2.05, 4.69) is 25.6 Å². The third-order valence-corrected chi connectivity index (χ3v) is 7.80. The van der Waals surface area contributed by atoms with Gasteiger partial charge in [-0.15, -0.1) is 21.5 Å². The number of aromatic nitrogens is 5. The maximum absolute atomic E-state index is 13.2. The minimum absolute atomic E-state index is 0.145. The van der Waals surface area contributed by atoms with E-state index in [1.165, 1.54) is 11.3 Å². The van der Waals surface area contributed by atoms with E-state index < -0.39 is 0 Å². The van der Waals surface area contributed by atoms with Gasteiger partial charge in [0.05, 0.1) is 30.6 Å². The lowest BCUT2D eigenvalue weighted by Gasteiger charge is -2.31. The zero-order valence-electron chi connectivity index (χ0n) is 21.9. The smallest absolute Gasteiger partial charge is 0.276 e. The SMILES string of the molecule is COc1cc(C)c(NC(=O)c2csc(C3CCN(C(=O)c4nnc5cc(C)nn5c4C)CC3)n2)cc1OC. The maximum atomic E-state index is 13.2. The molecular formula is C26H29N7O4S. The van der Waals surface area contributed by atoms with Crippen LogP contribution in [0.4, 0.5) is 5.69 Å². The Morgan fingerprint density at radius 3 is 2.45 bits per heavy atom. The van der Waals surface area contributed by atoms with Gasteiger partial charge in [-0.25, -0.2) is 9.50 Å². The molecule has 38 heavy (non-hydrogen) atoms. The van der Waals surface area contributed by atoms with Crippen LogP contribution in [0.15, 0.2) is 23.6 Å². The number of amides is 2. The fourth-order valence-corrected chi connectivity index (χ4v) is 5.61. The van der Waals surface area contributed by atoms with Gasteiger partial charge >= 0.3 is 0 Å². The van der Waals surface area contributed by atoms with E-state index in [4.69, 9.17) is 9.47 Å². The first kappa shape index (κ1) is 25.6. The second kappa shape index (κ2) is 10.4. The standard InChI is InChI=1S/C26H29N7O4S/c1-14-10-20(36-4)21(37-5)12-18(14)27-24(34)19-13-38-25(28-19)17-6-8-32(9-7-17)26(35)23-16(3)33-22(29-30-23)11-15(2)31-33/h10-13,17H,6-9H2,1-5H3,(H,27,34). The minimum Gasteiger partial charge on any atom is -0.493 e. The van der Waals surface area contributed by atoms with Crippen molar-refractivity contribution in [1.29, 1.82) is 0 Å². The number of nitrogens with zero attached hydrogens (tertiary/aromatic N) is 6. The summed E-state index contributed by atoms with van der Waals surface area (Å²) in [5.41, 5.74) is 4.30. The summed E-state index contributed by atoms with van der Waals surface area (Å²) in [4.78, 5) is 32.6. The Bertz CT molecular complexity index is 1520. The van der Waals surface area contributed by atoms with Crippen molar-refractivity contribution in [2.45, 2.75) is 39.5 Å². The number of rotatable bonds is 6. The fraction of sp³-hybridized carbons (Fsp3) is 0.385. The molecule has 5 rings (SSSR count). The highest BCUT2D eigenvalue weighted by Gasteiger charge is 2.29. The number of ether oxygens (including phenoxy) is 2. The van der Waals surface area contributed by atoms with E-state index in [-0.39, 0.29) is 17.7 Å². The molecule has 0 atom stereocenters. The van der Waals surface area contributed by atoms with Gasteiger partial charge in [0.1, 0.15) is 5.69 Å². The maximum Gasteiger partial charge on any atom is 0.276 e. The number of carbonyl (C=O) groups is 2. The first-order valence-electron chi connectivity index (χ1n) is 12.3. The number of methoxy groups -OCH3 is 2. The molecule has 0 aliphatic carbocycles. The summed E-state index contributed by atoms with van der Waals surface area (Å²) in [6, 6.07) is 5.39. The summed E-state index contributed by atoms with van der Waals surface area (Å²) in [6.07, 6.45) is 1.51. The second-order valence-corrected chi connectivity index (χ2v) is 10.2. The number of hydrogen-bond acceptors (Lipinski definition) is 9. The quantitative estimate of drug-likeness (QED) is 0.396. The molecule has 1 aliphatic heterocycles. The Labute approximate surface area is 223 Å². The van der Waals surface area contributed by atoms with E-state index in [0.29, 0.717) is 53.0 Å². The van der Waals surface area contributed by atoms with Crippen molar-refractivity contribution in [2.24, 2.45) is 0 Å². The van der Waals surface area contributed by atoms with Crippen molar-refractivity contribution < 1.29 is 19.1 Å². The van der Waals surface area contributed by atoms with E-state index in [0.717, 1.165) is 29.1 Å². The van der Waals surface area contributed by atoms with Gasteiger partial charge in [-0.1, -0.05) is 0 Å². The normalized spacial score (nSPS) is 14.1. The van der Waals surface area contributed by atoms with Crippen molar-refractivity contribution in [3.05, 3.63) is 56.9 Å². The number of thiazole rings is 1. The van der Waals surface area contributed by atoms with E-state index in [1.807, 2.05) is 32.9 Å². The highest BCUT2D eigenvalue weighted by Crippen LogP contribution is 2.34. The Morgan fingerprint density at radius 2 is 1.74 bits per heavy atom. The van der Waals surface area contributed by atoms with Crippen LogP contribution in [0.3, 0.4) is 0 Å². The molecule has 198 valence electrons. The molecule has 1 fully saturated rings. The van der Waals surface area contributed by atoms with Crippen LogP contribution >= 0.6 is 11.3 Å². The molecule has 0 bridgehead atoms. The summed E-state index contributed by atoms with van der Waals surface area (Å²) >= 11 is 1.47. The predicted octanol–water partition coefficient (Wildman–Crippen LogP) is 3.80. The number of carbonyl (C=O) groups excluding carboxylic acids is 2. The number of fused-ring (bicyclic) bond motifs is 1. The van der Waals surface area contributed by atoms with Crippen LogP contribution in [0.2, 0.25) is 0 Å². The zero-order chi connectivity index (χ0) is 27.0. The monoisotopic (exact) mass is 535 g/mol. The molecule has 3 aromatic heterocycles. The third-order valence-electron chi connectivity index (χ3n) is 6.79. The lowest BCUT2D eigenvalue weighted by Crippen LogP contribution is -2.39. The number of benzene rings is 1. The Kier molecular flexibility index (Phi) is 6.98. The topological polar surface area (TPSA) is 124 Å². The number of anilines is 1. The summed E-state index contributed by atoms with van der Waals surface area (Å²) in [5.74, 6) is 0.885. The predicted molar refractivity (Wildman–Crippen MR) is 142 cm³/mol. The van der Waals surface area contributed by atoms with Crippen LogP contribution in [0.25, 0.3) is 5.65 Å². The molecule has 1 saturated heterocycles. The Morgan fingerprint density at radius 1 is 1.03 bits per heavy atom. The molecule has 4 aromatic rings. The number of aryl methyl sites for hydroxylation is 3. The summed E-state index contributed by atoms with van der Waals surface area (Å²) < 4.78 is 12.3. The second-order valence-electron chi connectivity index (χ2n) is 9.30. The third kappa shape index (κ3) is 4.78. The minimum atomic E-state index is -0.284. The van der Waals surface area contributed by atoms with Gasteiger partial charge in [0.25, 0.3) is 11.8 Å². The molecule has 1 N–H and O–H groups in total. The van der Waals surface area contributed by atoms with E-state index in [1.54, 1.807) is 35.1 Å². The molecular weight excluding hydrogens is 506 g/mol. The van der Waals surface area contributed by atoms with Crippen molar-refractivity contribution in [3.63, 3.8) is 0 Å². The van der Waals surface area contributed by atoms with Crippen LogP contribution in [0.5, 0.6) is 11.5 Å². The van der Waals surface area contributed by atoms with Crippen LogP contribution in [-0.4, -0.2) is 68.8 Å². The van der Waals surface area contributed by atoms with Gasteiger partial charge in [-0.05, 0) is 45.2 Å². The van der Waals surface area contributed by atoms with E-state index in [9.17, 15) is 9.59 Å². The number of likely N-dealkylation sites (tertiary alicyclic amines) is 1. The first-order valence-corrected chi connectivity index (χ1v) is 13.1. The molecule has 0 radical (unpaired) electrons. The van der Waals surface area contributed by atoms with Crippen molar-refractivity contribution in [3.8, 4) is 11.5 Å². The summed E-state index contributed by atoms with van der Waals surface area (Å²) in [5, 5.41) is 18.4. The number of piperidine rings is 1. The number of hydrogen-bond donors (Lipinski definition) is 1. The first-order chi connectivity index (χ1) is 18.3. The van der Waals surface area contributed by atoms with Crippen LogP contribution in [0, 0.1) is 20.8 Å². The molecule has 0 unspecified atom stereocenters. The van der Waals surface area contributed by atoms with Gasteiger partial charge in [0.2, 0.25) is 0 Å². The molecule has 0 saturated carbocycles. The van der Waals surface area contributed by atoms with Gasteiger partial charge in [0.15, 0.2) is 22.8 Å². The highest BCUT2D eigenvalue weighted by atomic mass is 32.1. The molecule has 12 heteroatoms. The highest BCUT2D eigenvalue weighted by molar-refractivity contribution is 7.10. The number of nitrogens with one attached hydrogen (secondary N) is 1. The molecule has 4 heterocycles. The largest absolute Gasteiger partial charge is 0.493 e. The fourth-order valence-electron chi connectivity index (χ4n) is 4.64. The Hall–Kier alpha value is -4.06. The Balaban J connectivity index is 1.23. The molecule has 2 amide bonds. The average molecular weight is 536 g/mol. The van der Waals surface area contributed by atoms with Gasteiger partial charge in [-0.3, -0.25) is 9.59 Å². The van der Waals surface area contributed by atoms with Crippen molar-refractivity contribution in [2.75, 3.05) is 32.6 Å². The van der Waals surface area contributed by atoms with Gasteiger partial charge < -0.3 is 19.7 Å². The van der Waals surface area contributed by atoms with E-state index >= 15 is 0 Å². The van der Waals surface area contributed by atoms with Gasteiger partial charge in [0, 0.05) is 42.2 Å². The summed E-state index contributed by atoms with van der Waals surface area (Å²) in [6.45, 7) is 6.75. The van der Waals surface area contributed by atoms with Crippen LogP contribution in [0.1, 0.15) is 61.7 Å².